The van der Waals surface area contributed by atoms with Crippen LogP contribution in [0.3, 0.4) is 0 Å². The van der Waals surface area contributed by atoms with E-state index in [9.17, 15) is 0 Å². The van der Waals surface area contributed by atoms with Gasteiger partial charge in [0.15, 0.2) is 0 Å². The molecule has 0 unspecified atom stereocenters. The first kappa shape index (κ1) is 26.4. The van der Waals surface area contributed by atoms with Gasteiger partial charge in [0.25, 0.3) is 0 Å². The molecule has 0 amide bonds. The Kier molecular flexibility index (Phi) is 7.65. The van der Waals surface area contributed by atoms with Gasteiger partial charge in [0.05, 0.1) is 5.58 Å². The minimum absolute atomic E-state index is 0. The maximum Gasteiger partial charge on any atom is 0.147 e. The second-order valence-electron chi connectivity index (χ2n) is 9.38. The quantitative estimate of drug-likeness (QED) is 0.172. The molecular formula is C34H25IrN3O-2. The SMILES string of the molecule is Cc1ccc(-c2[c-]ccc3c2oc2c3ccc3ccc(C)nc32)nc1.Cc1ccc(-c2[c-]cccc2)nc1.[Ir]. The van der Waals surface area contributed by atoms with Crippen molar-refractivity contribution >= 4 is 32.8 Å². The van der Waals surface area contributed by atoms with Gasteiger partial charge in [-0.1, -0.05) is 53.4 Å². The molecule has 0 saturated carbocycles. The van der Waals surface area contributed by atoms with Gasteiger partial charge in [-0.25, -0.2) is 4.98 Å². The minimum atomic E-state index is 0. The summed E-state index contributed by atoms with van der Waals surface area (Å²) in [5, 5.41) is 3.22. The summed E-state index contributed by atoms with van der Waals surface area (Å²) < 4.78 is 6.30. The third-order valence-electron chi connectivity index (χ3n) is 6.46. The number of hydrogen-bond acceptors (Lipinski definition) is 4. The van der Waals surface area contributed by atoms with E-state index in [1.165, 1.54) is 5.56 Å². The van der Waals surface area contributed by atoms with Gasteiger partial charge in [-0.15, -0.1) is 54.1 Å². The van der Waals surface area contributed by atoms with E-state index in [1.807, 2.05) is 87.8 Å². The van der Waals surface area contributed by atoms with Crippen LogP contribution in [0.4, 0.5) is 0 Å². The van der Waals surface area contributed by atoms with Gasteiger partial charge in [0.2, 0.25) is 0 Å². The van der Waals surface area contributed by atoms with Crippen molar-refractivity contribution in [1.82, 2.24) is 15.0 Å². The molecule has 1 radical (unpaired) electrons. The third-order valence-corrected chi connectivity index (χ3v) is 6.46. The number of rotatable bonds is 2. The molecule has 0 aliphatic rings. The molecule has 0 fully saturated rings. The van der Waals surface area contributed by atoms with Gasteiger partial charge in [-0.05, 0) is 49.4 Å². The van der Waals surface area contributed by atoms with Crippen LogP contribution in [0, 0.1) is 32.9 Å². The van der Waals surface area contributed by atoms with Gasteiger partial charge >= 0.3 is 0 Å². The van der Waals surface area contributed by atoms with E-state index in [1.54, 1.807) is 0 Å². The van der Waals surface area contributed by atoms with Gasteiger partial charge in [-0.2, -0.15) is 0 Å². The fourth-order valence-electron chi connectivity index (χ4n) is 4.47. The molecule has 3 aromatic carbocycles. The number of furan rings is 1. The molecule has 193 valence electrons. The Morgan fingerprint density at radius 2 is 1.36 bits per heavy atom. The molecule has 0 N–H and O–H groups in total. The summed E-state index contributed by atoms with van der Waals surface area (Å²) in [4.78, 5) is 13.5. The first-order chi connectivity index (χ1) is 18.6. The molecule has 0 atom stereocenters. The van der Waals surface area contributed by atoms with E-state index in [0.717, 1.165) is 66.6 Å². The summed E-state index contributed by atoms with van der Waals surface area (Å²) in [6, 6.07) is 34.7. The maximum atomic E-state index is 6.30. The van der Waals surface area contributed by atoms with Crippen LogP contribution in [0.2, 0.25) is 0 Å². The zero-order valence-corrected chi connectivity index (χ0v) is 24.2. The van der Waals surface area contributed by atoms with Crippen molar-refractivity contribution in [3.8, 4) is 22.5 Å². The fourth-order valence-corrected chi connectivity index (χ4v) is 4.47. The first-order valence-corrected chi connectivity index (χ1v) is 12.5. The van der Waals surface area contributed by atoms with E-state index < -0.39 is 0 Å². The number of fused-ring (bicyclic) bond motifs is 5. The van der Waals surface area contributed by atoms with Gasteiger partial charge in [0.1, 0.15) is 11.1 Å². The second kappa shape index (κ2) is 11.3. The maximum absolute atomic E-state index is 6.30. The van der Waals surface area contributed by atoms with Crippen LogP contribution in [0.15, 0.2) is 102 Å². The third kappa shape index (κ3) is 5.37. The van der Waals surface area contributed by atoms with Crippen molar-refractivity contribution in [2.45, 2.75) is 20.8 Å². The average Bonchev–Trinajstić information content (AvgIpc) is 3.34. The van der Waals surface area contributed by atoms with E-state index >= 15 is 0 Å². The van der Waals surface area contributed by atoms with Crippen LogP contribution in [-0.4, -0.2) is 15.0 Å². The predicted molar refractivity (Wildman–Crippen MR) is 154 cm³/mol. The van der Waals surface area contributed by atoms with E-state index in [0.29, 0.717) is 0 Å². The molecule has 0 aliphatic heterocycles. The zero-order valence-electron chi connectivity index (χ0n) is 21.8. The van der Waals surface area contributed by atoms with Crippen molar-refractivity contribution in [3.05, 3.63) is 126 Å². The number of benzene rings is 3. The Bertz CT molecular complexity index is 1880. The van der Waals surface area contributed by atoms with Crippen LogP contribution in [0.1, 0.15) is 16.8 Å². The molecule has 4 nitrogen and oxygen atoms in total. The molecular weight excluding hydrogens is 659 g/mol. The van der Waals surface area contributed by atoms with Crippen molar-refractivity contribution < 1.29 is 24.5 Å². The molecule has 5 heteroatoms. The zero-order chi connectivity index (χ0) is 26.1. The number of nitrogens with zero attached hydrogens (tertiary/aromatic N) is 3. The van der Waals surface area contributed by atoms with Crippen molar-refractivity contribution in [1.29, 1.82) is 0 Å². The van der Waals surface area contributed by atoms with Crippen molar-refractivity contribution in [2.75, 3.05) is 0 Å². The Morgan fingerprint density at radius 3 is 2.05 bits per heavy atom. The van der Waals surface area contributed by atoms with E-state index in [-0.39, 0.29) is 20.1 Å². The molecule has 0 bridgehead atoms. The summed E-state index contributed by atoms with van der Waals surface area (Å²) in [6.45, 7) is 6.06. The van der Waals surface area contributed by atoms with Crippen LogP contribution in [0.25, 0.3) is 55.4 Å². The molecule has 4 heterocycles. The van der Waals surface area contributed by atoms with E-state index in [2.05, 4.69) is 52.4 Å². The molecule has 0 saturated heterocycles. The van der Waals surface area contributed by atoms with Crippen LogP contribution < -0.4 is 0 Å². The number of pyridine rings is 3. The Hall–Kier alpha value is -4.18. The molecule has 0 aliphatic carbocycles. The van der Waals surface area contributed by atoms with Crippen LogP contribution in [0.5, 0.6) is 0 Å². The Labute approximate surface area is 241 Å². The van der Waals surface area contributed by atoms with Gasteiger partial charge in [0, 0.05) is 49.0 Å². The average molecular weight is 684 g/mol. The van der Waals surface area contributed by atoms with Crippen LogP contribution >= 0.6 is 0 Å². The smallest absolute Gasteiger partial charge is 0.147 e. The predicted octanol–water partition coefficient (Wildman–Crippen LogP) is 8.47. The molecule has 39 heavy (non-hydrogen) atoms. The standard InChI is InChI=1S/C22H15N2O.C12H10N.Ir/c1-13-6-11-19(23-12-13)18-5-3-4-16-17-10-9-15-8-7-14(2)24-20(15)22(17)25-21(16)18;1-10-7-8-12(13-9-10)11-5-3-2-4-6-11;/h3-4,6-12H,1-2H3;2-5,7-9H,1H3;/q2*-1;. The molecule has 7 rings (SSSR count). The monoisotopic (exact) mass is 684 g/mol. The topological polar surface area (TPSA) is 51.8 Å². The van der Waals surface area contributed by atoms with Crippen LogP contribution in [-0.2, 0) is 20.1 Å². The summed E-state index contributed by atoms with van der Waals surface area (Å²) in [6.07, 6.45) is 3.74. The Balaban J connectivity index is 0.000000187. The minimum Gasteiger partial charge on any atom is -0.498 e. The molecule has 7 aromatic rings. The number of aryl methyl sites for hydroxylation is 3. The summed E-state index contributed by atoms with van der Waals surface area (Å²) >= 11 is 0. The molecule has 0 spiro atoms. The summed E-state index contributed by atoms with van der Waals surface area (Å²) in [5.41, 5.74) is 9.59. The fraction of sp³-hybridized carbons (Fsp3) is 0.0882. The van der Waals surface area contributed by atoms with Crippen molar-refractivity contribution in [2.24, 2.45) is 0 Å². The number of hydrogen-bond donors (Lipinski definition) is 0. The normalized spacial score (nSPS) is 10.7. The van der Waals surface area contributed by atoms with E-state index in [4.69, 9.17) is 9.40 Å². The summed E-state index contributed by atoms with van der Waals surface area (Å²) in [5.74, 6) is 0. The Morgan fingerprint density at radius 1 is 0.641 bits per heavy atom. The van der Waals surface area contributed by atoms with Gasteiger partial charge < -0.3 is 14.4 Å². The van der Waals surface area contributed by atoms with Gasteiger partial charge in [-0.3, -0.25) is 0 Å². The molecule has 4 aromatic heterocycles. The van der Waals surface area contributed by atoms with Crippen molar-refractivity contribution in [3.63, 3.8) is 0 Å². The second-order valence-corrected chi connectivity index (χ2v) is 9.38. The first-order valence-electron chi connectivity index (χ1n) is 12.5. The summed E-state index contributed by atoms with van der Waals surface area (Å²) in [7, 11) is 0. The largest absolute Gasteiger partial charge is 0.498 e. The number of aromatic nitrogens is 3.